The maximum Gasteiger partial charge on any atom is 0.405 e. The lowest BCUT2D eigenvalue weighted by Gasteiger charge is -2.30. The zero-order chi connectivity index (χ0) is 34.1. The highest BCUT2D eigenvalue weighted by Gasteiger charge is 2.30. The second-order valence-electron chi connectivity index (χ2n) is 11.7. The highest BCUT2D eigenvalue weighted by atomic mass is 16.6. The van der Waals surface area contributed by atoms with Crippen molar-refractivity contribution in [1.82, 2.24) is 5.32 Å². The third-order valence-corrected chi connectivity index (χ3v) is 8.20. The van der Waals surface area contributed by atoms with E-state index in [0.717, 1.165) is 0 Å². The van der Waals surface area contributed by atoms with Crippen molar-refractivity contribution >= 4 is 29.6 Å². The number of hydrogen-bond acceptors (Lipinski definition) is 8. The number of primary amides is 1. The SMILES string of the molecule is CN=C(N=C1N=c2cc3c(O)c(c2=N1)C[C@@H](C)C[C@H](OC)[C@H](O)[C@@H](C)/C=C(\C)[C@H](OC(N)=O)[C@@H](OC)CC/C=C(\C)C(=O)N3)NC. The minimum absolute atomic E-state index is 0.119. The molecule has 6 N–H and O–H groups in total. The quantitative estimate of drug-likeness (QED) is 0.142. The van der Waals surface area contributed by atoms with Gasteiger partial charge in [0.15, 0.2) is 6.10 Å². The Balaban J connectivity index is 2.14. The molecule has 252 valence electrons. The molecule has 0 saturated heterocycles. The second kappa shape index (κ2) is 16.4. The summed E-state index contributed by atoms with van der Waals surface area (Å²) >= 11 is 0. The molecule has 3 rings (SSSR count). The fourth-order valence-electron chi connectivity index (χ4n) is 5.70. The smallest absolute Gasteiger partial charge is 0.405 e. The molecule has 6 atom stereocenters. The van der Waals surface area contributed by atoms with Crippen LogP contribution in [-0.4, -0.2) is 86.9 Å². The van der Waals surface area contributed by atoms with Gasteiger partial charge in [-0.05, 0) is 57.1 Å². The van der Waals surface area contributed by atoms with E-state index in [2.05, 4.69) is 30.6 Å². The van der Waals surface area contributed by atoms with Crippen molar-refractivity contribution in [3.63, 3.8) is 0 Å². The molecule has 2 amide bonds. The molecule has 2 aliphatic heterocycles. The molecule has 1 aromatic carbocycles. The van der Waals surface area contributed by atoms with E-state index in [4.69, 9.17) is 19.9 Å². The number of carbonyl (C=O) groups is 2. The number of aliphatic imine (C=N–C) groups is 2. The minimum Gasteiger partial charge on any atom is -0.505 e. The van der Waals surface area contributed by atoms with Crippen LogP contribution in [0.1, 0.15) is 52.5 Å². The highest BCUT2D eigenvalue weighted by Crippen LogP contribution is 2.30. The first-order valence-corrected chi connectivity index (χ1v) is 15.2. The van der Waals surface area contributed by atoms with Crippen molar-refractivity contribution in [3.8, 4) is 5.75 Å². The van der Waals surface area contributed by atoms with Gasteiger partial charge in [0.2, 0.25) is 5.96 Å². The van der Waals surface area contributed by atoms with Gasteiger partial charge in [-0.3, -0.25) is 9.79 Å². The van der Waals surface area contributed by atoms with E-state index in [0.29, 0.717) is 59.1 Å². The van der Waals surface area contributed by atoms with Gasteiger partial charge in [-0.1, -0.05) is 26.0 Å². The molecule has 0 aromatic heterocycles. The molecule has 0 saturated carbocycles. The summed E-state index contributed by atoms with van der Waals surface area (Å²) in [4.78, 5) is 42.6. The number of anilines is 1. The van der Waals surface area contributed by atoms with Crippen LogP contribution in [-0.2, 0) is 25.4 Å². The van der Waals surface area contributed by atoms with Gasteiger partial charge in [-0.2, -0.15) is 4.99 Å². The van der Waals surface area contributed by atoms with Crippen molar-refractivity contribution in [2.75, 3.05) is 33.6 Å². The zero-order valence-corrected chi connectivity index (χ0v) is 27.8. The molecule has 2 aliphatic rings. The monoisotopic (exact) mass is 641 g/mol. The Morgan fingerprint density at radius 3 is 2.48 bits per heavy atom. The summed E-state index contributed by atoms with van der Waals surface area (Å²) in [6, 6.07) is 1.56. The van der Waals surface area contributed by atoms with Gasteiger partial charge in [0.25, 0.3) is 11.9 Å². The molecule has 14 nitrogen and oxygen atoms in total. The number of guanidine groups is 2. The number of ether oxygens (including phenoxy) is 3. The predicted octanol–water partition coefficient (Wildman–Crippen LogP) is 1.89. The predicted molar refractivity (Wildman–Crippen MR) is 174 cm³/mol. The van der Waals surface area contributed by atoms with Crippen molar-refractivity contribution in [1.29, 1.82) is 0 Å². The van der Waals surface area contributed by atoms with E-state index in [9.17, 15) is 19.8 Å². The average Bonchev–Trinajstić information content (AvgIpc) is 3.42. The van der Waals surface area contributed by atoms with E-state index in [1.165, 1.54) is 14.2 Å². The Kier molecular flexibility index (Phi) is 13.0. The topological polar surface area (TPSA) is 202 Å². The van der Waals surface area contributed by atoms with Gasteiger partial charge in [0, 0.05) is 45.4 Å². The Labute approximate surface area is 269 Å². The number of fused-ring (bicyclic) bond motifs is 4. The first kappa shape index (κ1) is 36.3. The highest BCUT2D eigenvalue weighted by molar-refractivity contribution is 6.04. The Morgan fingerprint density at radius 2 is 1.87 bits per heavy atom. The van der Waals surface area contributed by atoms with Gasteiger partial charge >= 0.3 is 6.09 Å². The standard InChI is InChI=1S/C32H47N7O7/c1-16-12-20-25-21(37-32(38-25)39-31(34-5)35-6)15-22(27(20)41)36-29(42)17(2)10-9-11-23(44-7)28(46-30(33)43)19(4)14-18(3)26(40)24(13-16)45-8/h10,14-16,18,23-24,26,28,40-41H,9,11-13H2,1-8H3,(H2,33,43)(H,34,35)(H,36,42)/b17-10+,19-14+,39-32?/t16-,18+,23+,24+,26-,28+/m1/s1. The molecule has 14 heteroatoms. The number of nitrogens with one attached hydrogen (secondary N) is 2. The summed E-state index contributed by atoms with van der Waals surface area (Å²) < 4.78 is 16.9. The van der Waals surface area contributed by atoms with E-state index in [1.54, 1.807) is 40.1 Å². The Bertz CT molecular complexity index is 1540. The molecule has 0 spiro atoms. The van der Waals surface area contributed by atoms with Crippen LogP contribution in [0.4, 0.5) is 10.5 Å². The number of phenols is 1. The summed E-state index contributed by atoms with van der Waals surface area (Å²) in [5, 5.41) is 29.4. The number of phenolic OH excluding ortho intramolecular Hbond substituents is 1. The summed E-state index contributed by atoms with van der Waals surface area (Å²) in [5.74, 6) is -0.579. The molecular formula is C32H47N7O7. The third-order valence-electron chi connectivity index (χ3n) is 8.20. The maximum absolute atomic E-state index is 13.3. The molecule has 1 aromatic rings. The molecule has 2 heterocycles. The first-order valence-electron chi connectivity index (χ1n) is 15.2. The number of hydrogen-bond donors (Lipinski definition) is 5. The number of carbonyl (C=O) groups excluding carboxylic acids is 2. The third kappa shape index (κ3) is 8.98. The minimum atomic E-state index is -0.952. The van der Waals surface area contributed by atoms with Gasteiger partial charge in [-0.25, -0.2) is 14.8 Å². The van der Waals surface area contributed by atoms with Crippen LogP contribution in [0.5, 0.6) is 5.75 Å². The van der Waals surface area contributed by atoms with Crippen LogP contribution < -0.4 is 27.1 Å². The molecule has 46 heavy (non-hydrogen) atoms. The van der Waals surface area contributed by atoms with E-state index < -0.39 is 42.3 Å². The number of aliphatic hydroxyl groups excluding tert-OH is 1. The Morgan fingerprint density at radius 1 is 1.17 bits per heavy atom. The van der Waals surface area contributed by atoms with Crippen molar-refractivity contribution in [3.05, 3.63) is 45.6 Å². The number of aliphatic hydroxyl groups is 1. The molecule has 0 fully saturated rings. The van der Waals surface area contributed by atoms with Gasteiger partial charge in [0.05, 0.1) is 34.7 Å². The molecule has 0 aliphatic carbocycles. The van der Waals surface area contributed by atoms with E-state index in [1.807, 2.05) is 19.9 Å². The number of benzene rings is 1. The number of rotatable bonds is 3. The van der Waals surface area contributed by atoms with E-state index >= 15 is 0 Å². The van der Waals surface area contributed by atoms with Crippen LogP contribution in [0.2, 0.25) is 0 Å². The number of aromatic hydroxyl groups is 1. The van der Waals surface area contributed by atoms with E-state index in [-0.39, 0.29) is 23.3 Å². The van der Waals surface area contributed by atoms with Crippen molar-refractivity contribution in [2.45, 2.75) is 77.8 Å². The zero-order valence-electron chi connectivity index (χ0n) is 27.8. The average molecular weight is 642 g/mol. The number of nitrogens with two attached hydrogens (primary N) is 1. The lowest BCUT2D eigenvalue weighted by Crippen LogP contribution is -2.38. The van der Waals surface area contributed by atoms with Gasteiger partial charge < -0.3 is 40.8 Å². The second-order valence-corrected chi connectivity index (χ2v) is 11.7. The van der Waals surface area contributed by atoms with Gasteiger partial charge in [0.1, 0.15) is 5.75 Å². The summed E-state index contributed by atoms with van der Waals surface area (Å²) in [6.07, 6.45) is 1.30. The lowest BCUT2D eigenvalue weighted by molar-refractivity contribution is -0.112. The number of amides is 2. The van der Waals surface area contributed by atoms with Crippen molar-refractivity contribution < 1.29 is 34.0 Å². The van der Waals surface area contributed by atoms with Gasteiger partial charge in [-0.15, -0.1) is 0 Å². The lowest BCUT2D eigenvalue weighted by atomic mass is 9.87. The Hall–Kier alpha value is -4.14. The van der Waals surface area contributed by atoms with Crippen molar-refractivity contribution in [2.24, 2.45) is 37.5 Å². The maximum atomic E-state index is 13.3. The fraction of sp³-hybridized carbons (Fsp3) is 0.562. The summed E-state index contributed by atoms with van der Waals surface area (Å²) in [5.41, 5.74) is 7.12. The van der Waals surface area contributed by atoms with Crippen LogP contribution in [0, 0.1) is 11.8 Å². The molecular weight excluding hydrogens is 594 g/mol. The summed E-state index contributed by atoms with van der Waals surface area (Å²) in [6.45, 7) is 7.28. The van der Waals surface area contributed by atoms with Crippen LogP contribution in [0.3, 0.4) is 0 Å². The van der Waals surface area contributed by atoms with Crippen LogP contribution in [0.15, 0.2) is 49.3 Å². The summed E-state index contributed by atoms with van der Waals surface area (Å²) in [7, 11) is 6.31. The molecule has 2 bridgehead atoms. The number of allylic oxidation sites excluding steroid dienone is 1. The first-order chi connectivity index (χ1) is 21.8. The fourth-order valence-corrected chi connectivity index (χ4v) is 5.70. The molecule has 0 unspecified atom stereocenters. The normalized spacial score (nSPS) is 29.7. The largest absolute Gasteiger partial charge is 0.505 e. The van der Waals surface area contributed by atoms with Crippen LogP contribution in [0.25, 0.3) is 0 Å². The molecule has 0 radical (unpaired) electrons. The number of nitrogens with zero attached hydrogens (tertiary/aromatic N) is 4. The number of methoxy groups -OCH3 is 2. The van der Waals surface area contributed by atoms with Crippen LogP contribution >= 0.6 is 0 Å².